The lowest BCUT2D eigenvalue weighted by Gasteiger charge is -2.24. The van der Waals surface area contributed by atoms with Gasteiger partial charge in [0.15, 0.2) is 22.4 Å². The molecule has 8 nitrogen and oxygen atoms in total. The van der Waals surface area contributed by atoms with Crippen molar-refractivity contribution < 1.29 is 29.3 Å². The van der Waals surface area contributed by atoms with Crippen LogP contribution < -0.4 is 9.64 Å². The van der Waals surface area contributed by atoms with E-state index in [0.717, 1.165) is 22.5 Å². The van der Waals surface area contributed by atoms with E-state index in [0.29, 0.717) is 21.7 Å². The second-order valence-corrected chi connectivity index (χ2v) is 9.59. The number of hydrogen-bond donors (Lipinski definition) is 2. The summed E-state index contributed by atoms with van der Waals surface area (Å²) in [7, 11) is 0. The van der Waals surface area contributed by atoms with Gasteiger partial charge in [0.25, 0.3) is 5.78 Å². The molecule has 1 amide bonds. The van der Waals surface area contributed by atoms with E-state index in [4.69, 9.17) is 4.74 Å². The maximum atomic E-state index is 13.4. The van der Waals surface area contributed by atoms with Crippen molar-refractivity contribution in [1.82, 2.24) is 4.98 Å². The van der Waals surface area contributed by atoms with Gasteiger partial charge >= 0.3 is 5.91 Å². The molecule has 1 aromatic heterocycles. The Labute approximate surface area is 212 Å². The molecule has 4 rings (SSSR count). The molecule has 2 N–H and O–H groups in total. The molecule has 1 aliphatic rings. The summed E-state index contributed by atoms with van der Waals surface area (Å²) in [6, 6.07) is 8.90. The van der Waals surface area contributed by atoms with Gasteiger partial charge in [-0.15, -0.1) is 0 Å². The molecular weight excluding hydrogens is 480 g/mol. The van der Waals surface area contributed by atoms with Crippen molar-refractivity contribution in [1.29, 1.82) is 0 Å². The van der Waals surface area contributed by atoms with Gasteiger partial charge in [0.05, 0.1) is 28.8 Å². The number of benzene rings is 2. The third-order valence-corrected chi connectivity index (χ3v) is 7.26. The molecule has 3 aromatic rings. The summed E-state index contributed by atoms with van der Waals surface area (Å²) in [5.74, 6) is -2.19. The molecule has 1 fully saturated rings. The minimum absolute atomic E-state index is 0.101. The molecule has 1 aliphatic heterocycles. The topological polar surface area (TPSA) is 117 Å². The first-order valence-corrected chi connectivity index (χ1v) is 12.2. The Morgan fingerprint density at radius 3 is 2.50 bits per heavy atom. The number of thiazole rings is 1. The van der Waals surface area contributed by atoms with Crippen molar-refractivity contribution in [2.24, 2.45) is 0 Å². The molecule has 0 spiro atoms. The zero-order valence-corrected chi connectivity index (χ0v) is 21.4. The Hall–Kier alpha value is -3.98. The van der Waals surface area contributed by atoms with E-state index in [1.165, 1.54) is 24.0 Å². The number of anilines is 1. The SMILES string of the molecule is CCOc1cc(C2/C(=C(\O)c3cc(C)ccc3C)C(=O)C(=O)N2c2nc(C)c(C(C)=O)s2)ccc1O. The average Bonchev–Trinajstić information content (AvgIpc) is 3.34. The first-order chi connectivity index (χ1) is 17.0. The standard InChI is InChI=1S/C27H26N2O6S/c1-6-35-20-12-17(9-10-19(20)31)22-21(23(32)18-11-13(2)7-8-14(18)3)24(33)26(34)29(22)27-28-15(4)25(36-27)16(5)30/h7-12,22,31-32H,6H2,1-5H3/b23-21+. The Morgan fingerprint density at radius 2 is 1.86 bits per heavy atom. The van der Waals surface area contributed by atoms with Crippen LogP contribution in [0.3, 0.4) is 0 Å². The molecule has 0 radical (unpaired) electrons. The fraction of sp³-hybridized carbons (Fsp3) is 0.259. The Balaban J connectivity index is 2.00. The summed E-state index contributed by atoms with van der Waals surface area (Å²) in [6.07, 6.45) is 0. The Morgan fingerprint density at radius 1 is 1.14 bits per heavy atom. The molecule has 2 heterocycles. The van der Waals surface area contributed by atoms with E-state index in [1.807, 2.05) is 19.1 Å². The Bertz CT molecular complexity index is 1440. The third kappa shape index (κ3) is 4.26. The number of Topliss-reactive ketones (excluding diaryl/α,β-unsaturated/α-hetero) is 2. The molecule has 0 aliphatic carbocycles. The number of rotatable bonds is 6. The van der Waals surface area contributed by atoms with Crippen LogP contribution in [-0.4, -0.2) is 39.3 Å². The van der Waals surface area contributed by atoms with Gasteiger partial charge in [-0.05, 0) is 57.0 Å². The summed E-state index contributed by atoms with van der Waals surface area (Å²) in [5, 5.41) is 21.8. The molecule has 1 saturated heterocycles. The highest BCUT2D eigenvalue weighted by atomic mass is 32.1. The van der Waals surface area contributed by atoms with E-state index in [9.17, 15) is 24.6 Å². The molecule has 36 heavy (non-hydrogen) atoms. The van der Waals surface area contributed by atoms with Gasteiger partial charge in [-0.25, -0.2) is 4.98 Å². The predicted octanol–water partition coefficient (Wildman–Crippen LogP) is 5.00. The van der Waals surface area contributed by atoms with E-state index in [-0.39, 0.29) is 40.4 Å². The van der Waals surface area contributed by atoms with Crippen LogP contribution in [0.1, 0.15) is 57.5 Å². The van der Waals surface area contributed by atoms with Crippen LogP contribution in [0.5, 0.6) is 11.5 Å². The average molecular weight is 507 g/mol. The summed E-state index contributed by atoms with van der Waals surface area (Å²) in [6.45, 7) is 8.78. The number of hydrogen-bond acceptors (Lipinski definition) is 8. The van der Waals surface area contributed by atoms with Gasteiger partial charge in [0.1, 0.15) is 5.76 Å². The van der Waals surface area contributed by atoms with Crippen molar-refractivity contribution in [2.75, 3.05) is 11.5 Å². The van der Waals surface area contributed by atoms with Crippen molar-refractivity contribution in [2.45, 2.75) is 40.7 Å². The number of phenolic OH excluding ortho intramolecular Hbond substituents is 1. The number of aliphatic hydroxyl groups excluding tert-OH is 1. The number of aromatic nitrogens is 1. The predicted molar refractivity (Wildman–Crippen MR) is 137 cm³/mol. The van der Waals surface area contributed by atoms with Gasteiger partial charge in [-0.1, -0.05) is 35.1 Å². The van der Waals surface area contributed by atoms with Gasteiger partial charge < -0.3 is 14.9 Å². The number of carbonyl (C=O) groups excluding carboxylic acids is 3. The van der Waals surface area contributed by atoms with Crippen LogP contribution in [0.4, 0.5) is 5.13 Å². The largest absolute Gasteiger partial charge is 0.507 e. The molecule has 186 valence electrons. The van der Waals surface area contributed by atoms with E-state index in [2.05, 4.69) is 4.98 Å². The number of aliphatic hydroxyl groups is 1. The number of ether oxygens (including phenoxy) is 1. The number of ketones is 2. The van der Waals surface area contributed by atoms with Crippen LogP contribution >= 0.6 is 11.3 Å². The maximum absolute atomic E-state index is 13.4. The van der Waals surface area contributed by atoms with Gasteiger partial charge in [0.2, 0.25) is 0 Å². The lowest BCUT2D eigenvalue weighted by atomic mass is 9.93. The Kier molecular flexibility index (Phi) is 6.69. The highest BCUT2D eigenvalue weighted by Crippen LogP contribution is 2.45. The van der Waals surface area contributed by atoms with Crippen LogP contribution in [-0.2, 0) is 9.59 Å². The molecule has 0 saturated carbocycles. The fourth-order valence-corrected chi connectivity index (χ4v) is 5.25. The minimum Gasteiger partial charge on any atom is -0.507 e. The van der Waals surface area contributed by atoms with E-state index >= 15 is 0 Å². The normalized spacial score (nSPS) is 17.0. The zero-order valence-electron chi connectivity index (χ0n) is 20.6. The highest BCUT2D eigenvalue weighted by molar-refractivity contribution is 7.18. The van der Waals surface area contributed by atoms with Gasteiger partial charge in [0, 0.05) is 12.5 Å². The molecular formula is C27H26N2O6S. The quantitative estimate of drug-likeness (QED) is 0.209. The summed E-state index contributed by atoms with van der Waals surface area (Å²) >= 11 is 1.01. The van der Waals surface area contributed by atoms with E-state index < -0.39 is 17.7 Å². The number of phenols is 1. The smallest absolute Gasteiger partial charge is 0.301 e. The van der Waals surface area contributed by atoms with Crippen LogP contribution in [0.2, 0.25) is 0 Å². The molecule has 1 unspecified atom stereocenters. The van der Waals surface area contributed by atoms with E-state index in [1.54, 1.807) is 32.9 Å². The lowest BCUT2D eigenvalue weighted by molar-refractivity contribution is -0.132. The number of aromatic hydroxyl groups is 1. The summed E-state index contributed by atoms with van der Waals surface area (Å²) in [4.78, 5) is 44.9. The first-order valence-electron chi connectivity index (χ1n) is 11.4. The van der Waals surface area contributed by atoms with Gasteiger partial charge in [-0.3, -0.25) is 19.3 Å². The van der Waals surface area contributed by atoms with Crippen molar-refractivity contribution in [3.63, 3.8) is 0 Å². The summed E-state index contributed by atoms with van der Waals surface area (Å²) in [5.41, 5.74) is 2.80. The molecule has 9 heteroatoms. The third-order valence-electron chi connectivity index (χ3n) is 6.00. The summed E-state index contributed by atoms with van der Waals surface area (Å²) < 4.78 is 5.53. The van der Waals surface area contributed by atoms with Crippen molar-refractivity contribution in [3.05, 3.63) is 74.8 Å². The molecule has 2 aromatic carbocycles. The minimum atomic E-state index is -1.06. The number of carbonyl (C=O) groups is 3. The first kappa shape index (κ1) is 25.1. The van der Waals surface area contributed by atoms with Crippen molar-refractivity contribution >= 4 is 39.7 Å². The van der Waals surface area contributed by atoms with Gasteiger partial charge in [-0.2, -0.15) is 0 Å². The van der Waals surface area contributed by atoms with Crippen LogP contribution in [0.15, 0.2) is 42.0 Å². The zero-order chi connectivity index (χ0) is 26.3. The monoisotopic (exact) mass is 506 g/mol. The maximum Gasteiger partial charge on any atom is 0.301 e. The van der Waals surface area contributed by atoms with Crippen molar-refractivity contribution in [3.8, 4) is 11.5 Å². The second kappa shape index (κ2) is 9.58. The number of nitrogens with zero attached hydrogens (tertiary/aromatic N) is 2. The lowest BCUT2D eigenvalue weighted by Crippen LogP contribution is -2.29. The fourth-order valence-electron chi connectivity index (χ4n) is 4.27. The number of aryl methyl sites for hydroxylation is 3. The molecule has 1 atom stereocenters. The number of amides is 1. The molecule has 0 bridgehead atoms. The van der Waals surface area contributed by atoms with Crippen LogP contribution in [0, 0.1) is 20.8 Å². The highest BCUT2D eigenvalue weighted by Gasteiger charge is 2.48. The second-order valence-electron chi connectivity index (χ2n) is 8.61. The van der Waals surface area contributed by atoms with Crippen LogP contribution in [0.25, 0.3) is 5.76 Å².